The standard InChI is InChI=1S/C18H17N5OS/c1-3-15-16(21-18(25-15)23-8-4-5-9-23)17(24)20-12-6-7-14-13(10-12)19-11-22(14)2/h4-11H,3H2,1-2H3,(H,20,24). The van der Waals surface area contributed by atoms with Crippen LogP contribution in [0, 0.1) is 0 Å². The third-order valence-electron chi connectivity index (χ3n) is 4.03. The van der Waals surface area contributed by atoms with Crippen molar-refractivity contribution in [2.75, 3.05) is 5.32 Å². The number of nitrogens with zero attached hydrogens (tertiary/aromatic N) is 4. The number of amides is 1. The Hall–Kier alpha value is -2.93. The highest BCUT2D eigenvalue weighted by Gasteiger charge is 2.18. The van der Waals surface area contributed by atoms with Crippen molar-refractivity contribution in [2.24, 2.45) is 7.05 Å². The van der Waals surface area contributed by atoms with Crippen molar-refractivity contribution < 1.29 is 4.79 Å². The van der Waals surface area contributed by atoms with Crippen molar-refractivity contribution >= 4 is 34.0 Å². The minimum atomic E-state index is -0.193. The van der Waals surface area contributed by atoms with Crippen LogP contribution in [0.5, 0.6) is 0 Å². The number of hydrogen-bond acceptors (Lipinski definition) is 4. The summed E-state index contributed by atoms with van der Waals surface area (Å²) in [5.74, 6) is -0.193. The van der Waals surface area contributed by atoms with E-state index in [1.54, 1.807) is 6.33 Å². The Labute approximate surface area is 148 Å². The monoisotopic (exact) mass is 351 g/mol. The summed E-state index contributed by atoms with van der Waals surface area (Å²) in [4.78, 5) is 22.5. The normalized spacial score (nSPS) is 11.1. The summed E-state index contributed by atoms with van der Waals surface area (Å²) >= 11 is 1.54. The molecule has 1 amide bonds. The Morgan fingerprint density at radius 1 is 1.28 bits per heavy atom. The number of anilines is 1. The lowest BCUT2D eigenvalue weighted by molar-refractivity contribution is 0.102. The van der Waals surface area contributed by atoms with Crippen LogP contribution in [0.2, 0.25) is 0 Å². The fourth-order valence-electron chi connectivity index (χ4n) is 2.73. The van der Waals surface area contributed by atoms with Crippen LogP contribution in [0.15, 0.2) is 49.1 Å². The van der Waals surface area contributed by atoms with E-state index in [0.29, 0.717) is 11.4 Å². The number of fused-ring (bicyclic) bond motifs is 1. The van der Waals surface area contributed by atoms with Crippen molar-refractivity contribution in [1.82, 2.24) is 19.1 Å². The number of carbonyl (C=O) groups is 1. The van der Waals surface area contributed by atoms with Gasteiger partial charge in [-0.2, -0.15) is 0 Å². The molecule has 0 atom stereocenters. The van der Waals surface area contributed by atoms with Gasteiger partial charge in [-0.05, 0) is 36.8 Å². The van der Waals surface area contributed by atoms with Crippen LogP contribution in [0.1, 0.15) is 22.3 Å². The fraction of sp³-hybridized carbons (Fsp3) is 0.167. The van der Waals surface area contributed by atoms with Gasteiger partial charge >= 0.3 is 0 Å². The zero-order valence-electron chi connectivity index (χ0n) is 13.9. The van der Waals surface area contributed by atoms with Crippen LogP contribution in [-0.4, -0.2) is 25.0 Å². The van der Waals surface area contributed by atoms with Gasteiger partial charge in [0.1, 0.15) is 5.69 Å². The van der Waals surface area contributed by atoms with Crippen LogP contribution in [0.4, 0.5) is 5.69 Å². The highest BCUT2D eigenvalue weighted by Crippen LogP contribution is 2.24. The molecule has 0 radical (unpaired) electrons. The first-order valence-corrected chi connectivity index (χ1v) is 8.83. The predicted molar refractivity (Wildman–Crippen MR) is 99.5 cm³/mol. The fourth-order valence-corrected chi connectivity index (χ4v) is 3.70. The number of imidazole rings is 1. The maximum atomic E-state index is 12.7. The van der Waals surface area contributed by atoms with Gasteiger partial charge in [0, 0.05) is 30.0 Å². The van der Waals surface area contributed by atoms with Gasteiger partial charge in [-0.3, -0.25) is 4.79 Å². The number of rotatable bonds is 4. The quantitative estimate of drug-likeness (QED) is 0.610. The third kappa shape index (κ3) is 2.83. The Kier molecular flexibility index (Phi) is 3.85. The summed E-state index contributed by atoms with van der Waals surface area (Å²) in [5.41, 5.74) is 3.07. The average Bonchev–Trinajstić information content (AvgIpc) is 3.34. The van der Waals surface area contributed by atoms with Gasteiger partial charge in [-0.25, -0.2) is 9.97 Å². The molecule has 4 rings (SSSR count). The molecule has 126 valence electrons. The molecule has 1 N–H and O–H groups in total. The number of aromatic nitrogens is 4. The van der Waals surface area contributed by atoms with Gasteiger partial charge in [-0.1, -0.05) is 6.92 Å². The molecule has 3 heterocycles. The van der Waals surface area contributed by atoms with E-state index in [9.17, 15) is 4.79 Å². The number of nitrogens with one attached hydrogen (secondary N) is 1. The summed E-state index contributed by atoms with van der Waals surface area (Å²) in [6.45, 7) is 2.03. The minimum Gasteiger partial charge on any atom is -0.334 e. The number of thiazole rings is 1. The molecule has 0 bridgehead atoms. The van der Waals surface area contributed by atoms with Crippen LogP contribution < -0.4 is 5.32 Å². The average molecular weight is 351 g/mol. The Bertz CT molecular complexity index is 1040. The molecule has 0 saturated heterocycles. The van der Waals surface area contributed by atoms with E-state index in [1.165, 1.54) is 11.3 Å². The molecule has 0 aliphatic rings. The van der Waals surface area contributed by atoms with E-state index in [0.717, 1.165) is 27.5 Å². The lowest BCUT2D eigenvalue weighted by Crippen LogP contribution is -2.14. The van der Waals surface area contributed by atoms with E-state index in [2.05, 4.69) is 15.3 Å². The van der Waals surface area contributed by atoms with Gasteiger partial charge in [-0.15, -0.1) is 11.3 Å². The highest BCUT2D eigenvalue weighted by atomic mass is 32.1. The molecular formula is C18H17N5OS. The highest BCUT2D eigenvalue weighted by molar-refractivity contribution is 7.14. The molecular weight excluding hydrogens is 334 g/mol. The van der Waals surface area contributed by atoms with Crippen molar-refractivity contribution in [3.8, 4) is 5.13 Å². The van der Waals surface area contributed by atoms with Crippen LogP contribution in [0.3, 0.4) is 0 Å². The number of aryl methyl sites for hydroxylation is 2. The minimum absolute atomic E-state index is 0.193. The van der Waals surface area contributed by atoms with Crippen molar-refractivity contribution in [2.45, 2.75) is 13.3 Å². The summed E-state index contributed by atoms with van der Waals surface area (Å²) in [6.07, 6.45) is 6.38. The molecule has 0 fully saturated rings. The smallest absolute Gasteiger partial charge is 0.275 e. The van der Waals surface area contributed by atoms with Gasteiger partial charge in [0.2, 0.25) is 0 Å². The van der Waals surface area contributed by atoms with Crippen molar-refractivity contribution in [3.05, 3.63) is 59.6 Å². The topological polar surface area (TPSA) is 64.7 Å². The first kappa shape index (κ1) is 15.6. The molecule has 4 aromatic rings. The molecule has 0 saturated carbocycles. The van der Waals surface area contributed by atoms with E-state index in [1.807, 2.05) is 65.8 Å². The first-order valence-electron chi connectivity index (χ1n) is 8.01. The molecule has 0 aliphatic heterocycles. The van der Waals surface area contributed by atoms with Crippen LogP contribution in [-0.2, 0) is 13.5 Å². The number of hydrogen-bond donors (Lipinski definition) is 1. The molecule has 1 aromatic carbocycles. The van der Waals surface area contributed by atoms with E-state index < -0.39 is 0 Å². The summed E-state index contributed by atoms with van der Waals surface area (Å²) in [7, 11) is 1.94. The van der Waals surface area contributed by atoms with Crippen molar-refractivity contribution in [3.63, 3.8) is 0 Å². The van der Waals surface area contributed by atoms with Gasteiger partial charge in [0.15, 0.2) is 5.13 Å². The summed E-state index contributed by atoms with van der Waals surface area (Å²) in [6, 6.07) is 9.58. The maximum absolute atomic E-state index is 12.7. The van der Waals surface area contributed by atoms with Gasteiger partial charge in [0.25, 0.3) is 5.91 Å². The maximum Gasteiger partial charge on any atom is 0.275 e. The third-order valence-corrected chi connectivity index (χ3v) is 5.24. The second-order valence-electron chi connectivity index (χ2n) is 5.73. The van der Waals surface area contributed by atoms with Gasteiger partial charge < -0.3 is 14.5 Å². The zero-order valence-corrected chi connectivity index (χ0v) is 14.7. The second-order valence-corrected chi connectivity index (χ2v) is 6.79. The van der Waals surface area contributed by atoms with Gasteiger partial charge in [0.05, 0.1) is 17.4 Å². The Morgan fingerprint density at radius 3 is 2.84 bits per heavy atom. The molecule has 0 aliphatic carbocycles. The number of carbonyl (C=O) groups excluding carboxylic acids is 1. The number of benzene rings is 1. The summed E-state index contributed by atoms with van der Waals surface area (Å²) in [5, 5.41) is 3.74. The van der Waals surface area contributed by atoms with Crippen molar-refractivity contribution in [1.29, 1.82) is 0 Å². The first-order chi connectivity index (χ1) is 12.2. The molecule has 0 spiro atoms. The van der Waals surface area contributed by atoms with E-state index in [4.69, 9.17) is 0 Å². The summed E-state index contributed by atoms with van der Waals surface area (Å²) < 4.78 is 3.86. The second kappa shape index (κ2) is 6.18. The van der Waals surface area contributed by atoms with E-state index >= 15 is 0 Å². The largest absolute Gasteiger partial charge is 0.334 e. The Morgan fingerprint density at radius 2 is 2.08 bits per heavy atom. The van der Waals surface area contributed by atoms with Crippen LogP contribution >= 0.6 is 11.3 Å². The Balaban J connectivity index is 1.63. The zero-order chi connectivity index (χ0) is 17.4. The molecule has 3 aromatic heterocycles. The lowest BCUT2D eigenvalue weighted by Gasteiger charge is -2.05. The molecule has 6 nitrogen and oxygen atoms in total. The lowest BCUT2D eigenvalue weighted by atomic mass is 10.2. The SMILES string of the molecule is CCc1sc(-n2cccc2)nc1C(=O)Nc1ccc2c(c1)ncn2C. The molecule has 0 unspecified atom stereocenters. The van der Waals surface area contributed by atoms with Crippen LogP contribution in [0.25, 0.3) is 16.2 Å². The molecule has 25 heavy (non-hydrogen) atoms. The molecule has 7 heteroatoms. The van der Waals surface area contributed by atoms with E-state index in [-0.39, 0.29) is 5.91 Å². The predicted octanol–water partition coefficient (Wildman–Crippen LogP) is 3.64.